The Balaban J connectivity index is 1.28. The minimum atomic E-state index is -0.438. The lowest BCUT2D eigenvalue weighted by atomic mass is 10.2. The molecule has 0 fully saturated rings. The van der Waals surface area contributed by atoms with Gasteiger partial charge in [-0.2, -0.15) is 0 Å². The minimum absolute atomic E-state index is 0.196. The van der Waals surface area contributed by atoms with Gasteiger partial charge in [0.25, 0.3) is 5.91 Å². The molecule has 3 rings (SSSR count). The van der Waals surface area contributed by atoms with Gasteiger partial charge in [-0.25, -0.2) is 4.79 Å². The van der Waals surface area contributed by atoms with Crippen molar-refractivity contribution in [3.05, 3.63) is 59.7 Å². The third kappa shape index (κ3) is 6.54. The smallest absolute Gasteiger partial charge is 0.315 e. The fraction of sp³-hybridized carbons (Fsp3) is 0.211. The third-order valence-corrected chi connectivity index (χ3v) is 4.16. The van der Waals surface area contributed by atoms with Crippen LogP contribution in [-0.4, -0.2) is 30.4 Å². The molecule has 0 saturated carbocycles. The number of fused-ring (bicyclic) bond motifs is 1. The zero-order chi connectivity index (χ0) is 20.5. The van der Waals surface area contributed by atoms with E-state index < -0.39 is 11.9 Å². The normalized spacial score (nSPS) is 11.3. The van der Waals surface area contributed by atoms with Gasteiger partial charge in [0.2, 0.25) is 6.79 Å². The molecule has 1 aliphatic rings. The highest BCUT2D eigenvalue weighted by molar-refractivity contribution is 7.80. The van der Waals surface area contributed by atoms with E-state index in [1.165, 1.54) is 0 Å². The highest BCUT2D eigenvalue weighted by atomic mass is 32.1. The molecule has 0 unspecified atom stereocenters. The first-order chi connectivity index (χ1) is 14.1. The van der Waals surface area contributed by atoms with Crippen LogP contribution in [0.15, 0.2) is 48.5 Å². The summed E-state index contributed by atoms with van der Waals surface area (Å²) in [5.41, 5.74) is 6.90. The average Bonchev–Trinajstić information content (AvgIpc) is 3.22. The van der Waals surface area contributed by atoms with E-state index in [1.807, 2.05) is 48.5 Å². The van der Waals surface area contributed by atoms with Gasteiger partial charge in [0.05, 0.1) is 0 Å². The Morgan fingerprint density at radius 1 is 0.862 bits per heavy atom. The maximum Gasteiger partial charge on any atom is 0.315 e. The molecule has 0 spiro atoms. The van der Waals surface area contributed by atoms with Crippen LogP contribution in [0.3, 0.4) is 0 Å². The van der Waals surface area contributed by atoms with Crippen LogP contribution in [0.4, 0.5) is 4.79 Å². The van der Waals surface area contributed by atoms with Crippen LogP contribution in [0.25, 0.3) is 0 Å². The Morgan fingerprint density at radius 2 is 1.62 bits per heavy atom. The van der Waals surface area contributed by atoms with Crippen LogP contribution in [0.2, 0.25) is 0 Å². The molecule has 0 atom stereocenters. The standard InChI is InChI=1S/C19H21N5O4S/c25-17(11-21-18(26)20-9-13-4-2-1-3-5-13)23-24-19(29)22-10-14-6-7-15-16(8-14)28-12-27-15/h1-8H,9-12H2,(H,23,25)(H2,20,21,26)(H2,22,24,29). The molecule has 5 N–H and O–H groups in total. The van der Waals surface area contributed by atoms with Crippen molar-refractivity contribution in [1.82, 2.24) is 26.8 Å². The van der Waals surface area contributed by atoms with Crippen molar-refractivity contribution in [1.29, 1.82) is 0 Å². The molecule has 2 aromatic rings. The molecule has 1 aliphatic heterocycles. The zero-order valence-electron chi connectivity index (χ0n) is 15.5. The number of amides is 3. The average molecular weight is 415 g/mol. The van der Waals surface area contributed by atoms with Crippen molar-refractivity contribution in [3.63, 3.8) is 0 Å². The molecule has 0 bridgehead atoms. The van der Waals surface area contributed by atoms with Gasteiger partial charge in [0.1, 0.15) is 6.54 Å². The van der Waals surface area contributed by atoms with Crippen LogP contribution in [0.5, 0.6) is 11.5 Å². The Hall–Kier alpha value is -3.53. The van der Waals surface area contributed by atoms with E-state index >= 15 is 0 Å². The van der Waals surface area contributed by atoms with Crippen LogP contribution < -0.4 is 36.3 Å². The molecule has 0 radical (unpaired) electrons. The maximum absolute atomic E-state index is 11.8. The first-order valence-electron chi connectivity index (χ1n) is 8.87. The van der Waals surface area contributed by atoms with E-state index in [9.17, 15) is 9.59 Å². The van der Waals surface area contributed by atoms with Gasteiger partial charge in [-0.05, 0) is 35.5 Å². The van der Waals surface area contributed by atoms with Crippen LogP contribution in [0, 0.1) is 0 Å². The summed E-state index contributed by atoms with van der Waals surface area (Å²) in [4.78, 5) is 23.5. The van der Waals surface area contributed by atoms with E-state index in [4.69, 9.17) is 21.7 Å². The largest absolute Gasteiger partial charge is 0.454 e. The van der Waals surface area contributed by atoms with Gasteiger partial charge in [-0.15, -0.1) is 0 Å². The Bertz CT molecular complexity index is 878. The highest BCUT2D eigenvalue weighted by Crippen LogP contribution is 2.32. The topological polar surface area (TPSA) is 113 Å². The predicted molar refractivity (Wildman–Crippen MR) is 110 cm³/mol. The molecule has 152 valence electrons. The van der Waals surface area contributed by atoms with Gasteiger partial charge in [0.15, 0.2) is 16.6 Å². The van der Waals surface area contributed by atoms with Crippen molar-refractivity contribution in [2.45, 2.75) is 13.1 Å². The molecule has 9 nitrogen and oxygen atoms in total. The molecule has 29 heavy (non-hydrogen) atoms. The number of nitrogens with one attached hydrogen (secondary N) is 5. The third-order valence-electron chi connectivity index (χ3n) is 3.91. The first kappa shape index (κ1) is 20.2. The Labute approximate surface area is 173 Å². The van der Waals surface area contributed by atoms with Crippen LogP contribution in [-0.2, 0) is 17.9 Å². The molecule has 3 amide bonds. The lowest BCUT2D eigenvalue weighted by Gasteiger charge is -2.12. The summed E-state index contributed by atoms with van der Waals surface area (Å²) in [6, 6.07) is 14.6. The second-order valence-electron chi connectivity index (χ2n) is 6.07. The monoisotopic (exact) mass is 415 g/mol. The van der Waals surface area contributed by atoms with E-state index in [-0.39, 0.29) is 18.5 Å². The van der Waals surface area contributed by atoms with E-state index in [0.29, 0.717) is 24.6 Å². The second-order valence-corrected chi connectivity index (χ2v) is 6.47. The second kappa shape index (κ2) is 10.1. The predicted octanol–water partition coefficient (Wildman–Crippen LogP) is 0.910. The summed E-state index contributed by atoms with van der Waals surface area (Å²) in [5, 5.41) is 8.33. The number of rotatable bonds is 6. The van der Waals surface area contributed by atoms with Crippen molar-refractivity contribution < 1.29 is 19.1 Å². The summed E-state index contributed by atoms with van der Waals surface area (Å²) in [6.07, 6.45) is 0. The fourth-order valence-electron chi connectivity index (χ4n) is 2.45. The molecular formula is C19H21N5O4S. The van der Waals surface area contributed by atoms with Crippen molar-refractivity contribution in [3.8, 4) is 11.5 Å². The summed E-state index contributed by atoms with van der Waals surface area (Å²) in [7, 11) is 0. The number of ether oxygens (including phenoxy) is 2. The number of carbonyl (C=O) groups is 2. The fourth-order valence-corrected chi connectivity index (χ4v) is 2.57. The molecule has 0 saturated heterocycles. The molecule has 0 aromatic heterocycles. The number of hydrogen-bond donors (Lipinski definition) is 5. The minimum Gasteiger partial charge on any atom is -0.454 e. The lowest BCUT2D eigenvalue weighted by molar-refractivity contribution is -0.120. The lowest BCUT2D eigenvalue weighted by Crippen LogP contribution is -2.50. The number of benzene rings is 2. The number of carbonyl (C=O) groups excluding carboxylic acids is 2. The Kier molecular flexibility index (Phi) is 7.06. The summed E-state index contributed by atoms with van der Waals surface area (Å²) in [5.74, 6) is 0.960. The highest BCUT2D eigenvalue weighted by Gasteiger charge is 2.13. The van der Waals surface area contributed by atoms with Crippen LogP contribution in [0.1, 0.15) is 11.1 Å². The molecule has 0 aliphatic carbocycles. The number of hydrogen-bond acceptors (Lipinski definition) is 5. The number of hydrazine groups is 1. The van der Waals surface area contributed by atoms with Crippen molar-refractivity contribution >= 4 is 29.3 Å². The van der Waals surface area contributed by atoms with Gasteiger partial charge < -0.3 is 25.4 Å². The molecular weight excluding hydrogens is 394 g/mol. The Morgan fingerprint density at radius 3 is 2.45 bits per heavy atom. The van der Waals surface area contributed by atoms with Gasteiger partial charge >= 0.3 is 6.03 Å². The molecule has 10 heteroatoms. The summed E-state index contributed by atoms with van der Waals surface area (Å²) >= 11 is 5.11. The number of thiocarbonyl (C=S) groups is 1. The SMILES string of the molecule is O=C(CNC(=O)NCc1ccccc1)NNC(=S)NCc1ccc2c(c1)OCO2. The zero-order valence-corrected chi connectivity index (χ0v) is 16.3. The molecule has 2 aromatic carbocycles. The van der Waals surface area contributed by atoms with E-state index in [0.717, 1.165) is 11.1 Å². The molecule has 1 heterocycles. The summed E-state index contributed by atoms with van der Waals surface area (Å²) < 4.78 is 10.6. The van der Waals surface area contributed by atoms with Gasteiger partial charge in [0, 0.05) is 13.1 Å². The summed E-state index contributed by atoms with van der Waals surface area (Å²) in [6.45, 7) is 0.841. The van der Waals surface area contributed by atoms with Crippen molar-refractivity contribution in [2.75, 3.05) is 13.3 Å². The van der Waals surface area contributed by atoms with Gasteiger partial charge in [-0.1, -0.05) is 36.4 Å². The number of urea groups is 1. The van der Waals surface area contributed by atoms with Crippen molar-refractivity contribution in [2.24, 2.45) is 0 Å². The van der Waals surface area contributed by atoms with E-state index in [2.05, 4.69) is 26.8 Å². The first-order valence-corrected chi connectivity index (χ1v) is 9.28. The quantitative estimate of drug-likeness (QED) is 0.352. The van der Waals surface area contributed by atoms with Gasteiger partial charge in [-0.3, -0.25) is 15.6 Å². The maximum atomic E-state index is 11.8. The van der Waals surface area contributed by atoms with Crippen LogP contribution >= 0.6 is 12.2 Å². The van der Waals surface area contributed by atoms with E-state index in [1.54, 1.807) is 0 Å².